The Bertz CT molecular complexity index is 1110. The first-order valence-corrected chi connectivity index (χ1v) is 32.1. The molecule has 3 N–H and O–H groups in total. The van der Waals surface area contributed by atoms with Crippen LogP contribution in [0.4, 0.5) is 0 Å². The van der Waals surface area contributed by atoms with E-state index in [0.29, 0.717) is 19.4 Å². The maximum Gasteiger partial charge on any atom is 0.305 e. The average Bonchev–Trinajstić information content (AvgIpc) is 3.37. The summed E-state index contributed by atoms with van der Waals surface area (Å²) >= 11 is 0. The Morgan fingerprint density at radius 3 is 1.00 bits per heavy atom. The fourth-order valence-corrected chi connectivity index (χ4v) is 10.0. The van der Waals surface area contributed by atoms with Crippen LogP contribution >= 0.6 is 0 Å². The number of carbonyl (C=O) groups excluding carboxylic acids is 2. The topological polar surface area (TPSA) is 95.9 Å². The molecule has 2 unspecified atom stereocenters. The first-order valence-electron chi connectivity index (χ1n) is 32.1. The fraction of sp³-hybridized carbons (Fsp3) is 0.908. The van der Waals surface area contributed by atoms with E-state index in [1.807, 2.05) is 6.08 Å². The molecule has 0 aromatic carbocycles. The number of nitrogens with one attached hydrogen (secondary N) is 1. The Labute approximate surface area is 443 Å². The third kappa shape index (κ3) is 57.5. The molecule has 0 aliphatic rings. The summed E-state index contributed by atoms with van der Waals surface area (Å²) in [5.74, 6) is -0.0744. The highest BCUT2D eigenvalue weighted by atomic mass is 16.5. The second-order valence-electron chi connectivity index (χ2n) is 22.1. The van der Waals surface area contributed by atoms with Gasteiger partial charge in [-0.2, -0.15) is 0 Å². The van der Waals surface area contributed by atoms with Crippen LogP contribution in [-0.2, 0) is 14.3 Å². The lowest BCUT2D eigenvalue weighted by molar-refractivity contribution is -0.143. The van der Waals surface area contributed by atoms with Crippen molar-refractivity contribution in [1.82, 2.24) is 5.32 Å². The second-order valence-corrected chi connectivity index (χ2v) is 22.1. The van der Waals surface area contributed by atoms with E-state index in [-0.39, 0.29) is 18.5 Å². The molecule has 0 saturated carbocycles. The maximum absolute atomic E-state index is 12.5. The monoisotopic (exact) mass is 1000 g/mol. The standard InChI is InChI=1S/C65H125NO5/c1-3-5-7-9-11-13-15-17-18-19-20-21-22-23-24-27-30-34-37-41-45-49-53-57-63(68)62(61-67)66-64(69)58-54-50-46-42-38-35-31-28-25-26-29-32-36-40-44-48-52-56-60-71-65(70)59-55-51-47-43-39-33-16-14-12-10-8-6-4-2/h28,31,53,57,62-63,67-68H,3-27,29-30,32-52,54-56,58-61H2,1-2H3,(H,66,69)/b31-28-,57-53+. The molecular weight excluding hydrogens is 875 g/mol. The van der Waals surface area contributed by atoms with E-state index in [1.54, 1.807) is 6.08 Å². The van der Waals surface area contributed by atoms with Crippen LogP contribution in [0, 0.1) is 0 Å². The van der Waals surface area contributed by atoms with Gasteiger partial charge in [0.15, 0.2) is 0 Å². The molecular formula is C65H125NO5. The summed E-state index contributed by atoms with van der Waals surface area (Å²) in [5.41, 5.74) is 0. The lowest BCUT2D eigenvalue weighted by Gasteiger charge is -2.20. The van der Waals surface area contributed by atoms with Gasteiger partial charge in [0.2, 0.25) is 5.91 Å². The normalized spacial score (nSPS) is 12.7. The molecule has 71 heavy (non-hydrogen) atoms. The first kappa shape index (κ1) is 69.3. The van der Waals surface area contributed by atoms with Gasteiger partial charge < -0.3 is 20.3 Å². The summed E-state index contributed by atoms with van der Waals surface area (Å²) in [6.07, 6.45) is 75.1. The minimum Gasteiger partial charge on any atom is -0.466 e. The van der Waals surface area contributed by atoms with E-state index in [2.05, 4.69) is 31.3 Å². The van der Waals surface area contributed by atoms with E-state index in [1.165, 1.54) is 270 Å². The predicted molar refractivity (Wildman–Crippen MR) is 310 cm³/mol. The van der Waals surface area contributed by atoms with Gasteiger partial charge >= 0.3 is 5.97 Å². The number of amides is 1. The zero-order valence-electron chi connectivity index (χ0n) is 48.0. The van der Waals surface area contributed by atoms with Gasteiger partial charge in [0, 0.05) is 12.8 Å². The maximum atomic E-state index is 12.5. The predicted octanol–water partition coefficient (Wildman–Crippen LogP) is 20.2. The molecule has 0 bridgehead atoms. The van der Waals surface area contributed by atoms with Crippen LogP contribution in [0.2, 0.25) is 0 Å². The van der Waals surface area contributed by atoms with Gasteiger partial charge in [0.1, 0.15) is 0 Å². The number of hydrogen-bond acceptors (Lipinski definition) is 5. The van der Waals surface area contributed by atoms with Crippen molar-refractivity contribution < 1.29 is 24.5 Å². The zero-order chi connectivity index (χ0) is 51.4. The number of aliphatic hydroxyl groups is 2. The number of allylic oxidation sites excluding steroid dienone is 3. The molecule has 0 radical (unpaired) electrons. The molecule has 0 saturated heterocycles. The quantitative estimate of drug-likeness (QED) is 0.0320. The first-order chi connectivity index (χ1) is 35.0. The number of ether oxygens (including phenoxy) is 1. The van der Waals surface area contributed by atoms with Gasteiger partial charge in [-0.05, 0) is 57.8 Å². The SMILES string of the molecule is CCCCCCCCCCCCCCCCCCCCCCC/C=C/C(O)C(CO)NC(=O)CCCCCCC/C=C\CCCCCCCCCCCOC(=O)CCCCCCCCCCCCCCC. The lowest BCUT2D eigenvalue weighted by atomic mass is 10.0. The van der Waals surface area contributed by atoms with Crippen LogP contribution in [0.25, 0.3) is 0 Å². The van der Waals surface area contributed by atoms with Crippen LogP contribution in [0.3, 0.4) is 0 Å². The highest BCUT2D eigenvalue weighted by Gasteiger charge is 2.18. The number of esters is 1. The molecule has 0 aromatic heterocycles. The summed E-state index contributed by atoms with van der Waals surface area (Å²) in [6, 6.07) is -0.639. The summed E-state index contributed by atoms with van der Waals surface area (Å²) < 4.78 is 5.47. The third-order valence-corrected chi connectivity index (χ3v) is 15.0. The number of aliphatic hydroxyl groups excluding tert-OH is 2. The molecule has 0 rings (SSSR count). The molecule has 0 spiro atoms. The highest BCUT2D eigenvalue weighted by molar-refractivity contribution is 5.76. The summed E-state index contributed by atoms with van der Waals surface area (Å²) in [6.45, 7) is 4.92. The number of rotatable bonds is 60. The molecule has 0 aliphatic heterocycles. The lowest BCUT2D eigenvalue weighted by Crippen LogP contribution is -2.45. The van der Waals surface area contributed by atoms with Crippen LogP contribution in [-0.4, -0.2) is 47.4 Å². The number of hydrogen-bond donors (Lipinski definition) is 3. The molecule has 2 atom stereocenters. The molecule has 420 valence electrons. The van der Waals surface area contributed by atoms with Crippen molar-refractivity contribution >= 4 is 11.9 Å². The minimum atomic E-state index is -0.854. The van der Waals surface area contributed by atoms with Crippen LogP contribution < -0.4 is 5.32 Å². The van der Waals surface area contributed by atoms with Crippen molar-refractivity contribution in [2.45, 2.75) is 366 Å². The molecule has 1 amide bonds. The van der Waals surface area contributed by atoms with Gasteiger partial charge in [0.05, 0.1) is 25.4 Å². The van der Waals surface area contributed by atoms with E-state index >= 15 is 0 Å². The van der Waals surface area contributed by atoms with Crippen molar-refractivity contribution in [2.75, 3.05) is 13.2 Å². The Hall–Kier alpha value is -1.66. The van der Waals surface area contributed by atoms with Crippen molar-refractivity contribution in [3.8, 4) is 0 Å². The van der Waals surface area contributed by atoms with Gasteiger partial charge in [-0.15, -0.1) is 0 Å². The van der Waals surface area contributed by atoms with Crippen LogP contribution in [0.5, 0.6) is 0 Å². The van der Waals surface area contributed by atoms with Crippen molar-refractivity contribution in [3.63, 3.8) is 0 Å². The summed E-state index contributed by atoms with van der Waals surface area (Å²) in [5, 5.41) is 23.2. The van der Waals surface area contributed by atoms with Crippen molar-refractivity contribution in [2.24, 2.45) is 0 Å². The van der Waals surface area contributed by atoms with Gasteiger partial charge in [-0.1, -0.05) is 308 Å². The summed E-state index contributed by atoms with van der Waals surface area (Å²) in [7, 11) is 0. The molecule has 6 nitrogen and oxygen atoms in total. The number of unbranched alkanes of at least 4 members (excludes halogenated alkanes) is 47. The fourth-order valence-electron chi connectivity index (χ4n) is 10.0. The highest BCUT2D eigenvalue weighted by Crippen LogP contribution is 2.18. The van der Waals surface area contributed by atoms with Gasteiger partial charge in [-0.3, -0.25) is 9.59 Å². The molecule has 6 heteroatoms. The van der Waals surface area contributed by atoms with Gasteiger partial charge in [-0.25, -0.2) is 0 Å². The summed E-state index contributed by atoms with van der Waals surface area (Å²) in [4.78, 5) is 24.5. The molecule has 0 heterocycles. The number of carbonyl (C=O) groups is 2. The van der Waals surface area contributed by atoms with Gasteiger partial charge in [0.25, 0.3) is 0 Å². The second kappa shape index (κ2) is 60.9. The average molecular weight is 1000 g/mol. The van der Waals surface area contributed by atoms with E-state index in [9.17, 15) is 19.8 Å². The largest absolute Gasteiger partial charge is 0.466 e. The van der Waals surface area contributed by atoms with E-state index < -0.39 is 12.1 Å². The Morgan fingerprint density at radius 2 is 0.662 bits per heavy atom. The smallest absolute Gasteiger partial charge is 0.305 e. The van der Waals surface area contributed by atoms with E-state index in [4.69, 9.17) is 4.74 Å². The van der Waals surface area contributed by atoms with Crippen LogP contribution in [0.15, 0.2) is 24.3 Å². The molecule has 0 aliphatic carbocycles. The Kier molecular flexibility index (Phi) is 59.5. The third-order valence-electron chi connectivity index (χ3n) is 15.0. The Balaban J connectivity index is 3.47. The van der Waals surface area contributed by atoms with Crippen LogP contribution in [0.1, 0.15) is 354 Å². The Morgan fingerprint density at radius 1 is 0.380 bits per heavy atom. The molecule has 0 aromatic rings. The van der Waals surface area contributed by atoms with E-state index in [0.717, 1.165) is 57.8 Å². The zero-order valence-corrected chi connectivity index (χ0v) is 48.0. The minimum absolute atomic E-state index is 0.00430. The molecule has 0 fully saturated rings. The van der Waals surface area contributed by atoms with Crippen molar-refractivity contribution in [3.05, 3.63) is 24.3 Å². The van der Waals surface area contributed by atoms with Crippen molar-refractivity contribution in [1.29, 1.82) is 0 Å².